The van der Waals surface area contributed by atoms with Crippen LogP contribution in [-0.2, 0) is 4.79 Å². The molecule has 2 aromatic carbocycles. The number of Topliss-reactive ketones (excluding diaryl/α,β-unsaturated/α-hetero) is 1. The van der Waals surface area contributed by atoms with Gasteiger partial charge in [0.15, 0.2) is 0 Å². The van der Waals surface area contributed by atoms with Gasteiger partial charge in [0.2, 0.25) is 0 Å². The minimum absolute atomic E-state index is 0.0556. The monoisotopic (exact) mass is 430 g/mol. The molecule has 0 unspecified atom stereocenters. The second-order valence-electron chi connectivity index (χ2n) is 8.32. The van der Waals surface area contributed by atoms with Gasteiger partial charge in [-0.1, -0.05) is 64.1 Å². The van der Waals surface area contributed by atoms with Gasteiger partial charge in [0.25, 0.3) is 5.78 Å². The molecule has 0 bridgehead atoms. The van der Waals surface area contributed by atoms with E-state index >= 15 is 0 Å². The lowest BCUT2D eigenvalue weighted by molar-refractivity contribution is -0.162. The van der Waals surface area contributed by atoms with Crippen LogP contribution in [0.4, 0.5) is 24.5 Å². The minimum Gasteiger partial charge on any atom is -0.282 e. The average molecular weight is 431 g/mol. The van der Waals surface area contributed by atoms with Crippen LogP contribution >= 0.6 is 0 Å². The molecule has 6 heteroatoms. The molecule has 0 saturated heterocycles. The summed E-state index contributed by atoms with van der Waals surface area (Å²) in [6.07, 6.45) is -5.05. The standard InChI is InChI=1S/C25H29F3N2O/c1-14(2)19-12-9-13-20(15(3)4)23(19)29-18(7)22(24(31)25(26,27)28)30-21-16(5)10-8-11-17(21)6/h8-15H,1-7H3. The molecule has 0 aliphatic carbocycles. The van der Waals surface area contributed by atoms with E-state index in [1.165, 1.54) is 6.92 Å². The van der Waals surface area contributed by atoms with Crippen LogP contribution in [-0.4, -0.2) is 23.4 Å². The molecule has 0 spiro atoms. The van der Waals surface area contributed by atoms with E-state index in [2.05, 4.69) is 9.98 Å². The fourth-order valence-corrected chi connectivity index (χ4v) is 3.39. The van der Waals surface area contributed by atoms with E-state index in [0.717, 1.165) is 11.1 Å². The maximum atomic E-state index is 13.4. The summed E-state index contributed by atoms with van der Waals surface area (Å²) in [4.78, 5) is 21.1. The molecule has 166 valence electrons. The molecule has 0 radical (unpaired) electrons. The van der Waals surface area contributed by atoms with E-state index in [1.807, 2.05) is 45.9 Å². The Morgan fingerprint density at radius 1 is 0.806 bits per heavy atom. The molecule has 0 aromatic heterocycles. The smallest absolute Gasteiger partial charge is 0.282 e. The second-order valence-corrected chi connectivity index (χ2v) is 8.32. The number of hydrogen-bond acceptors (Lipinski definition) is 3. The van der Waals surface area contributed by atoms with Crippen LogP contribution in [0.1, 0.15) is 68.7 Å². The first-order valence-corrected chi connectivity index (χ1v) is 10.3. The Hall–Kier alpha value is -2.76. The largest absolute Gasteiger partial charge is 0.456 e. The number of halogens is 3. The van der Waals surface area contributed by atoms with Crippen molar-refractivity contribution in [3.8, 4) is 0 Å². The Kier molecular flexibility index (Phi) is 7.58. The SMILES string of the molecule is CC(=Nc1c(C(C)C)cccc1C(C)C)C(=Nc1c(C)cccc1C)C(=O)C(F)(F)F. The van der Waals surface area contributed by atoms with Gasteiger partial charge in [0.1, 0.15) is 5.71 Å². The molecule has 0 aliphatic heterocycles. The fourth-order valence-electron chi connectivity index (χ4n) is 3.39. The van der Waals surface area contributed by atoms with Crippen molar-refractivity contribution in [2.75, 3.05) is 0 Å². The molecule has 3 nitrogen and oxygen atoms in total. The molecule has 0 N–H and O–H groups in total. The van der Waals surface area contributed by atoms with Crippen molar-refractivity contribution in [1.29, 1.82) is 0 Å². The van der Waals surface area contributed by atoms with Gasteiger partial charge in [0, 0.05) is 0 Å². The van der Waals surface area contributed by atoms with Gasteiger partial charge in [-0.25, -0.2) is 4.99 Å². The van der Waals surface area contributed by atoms with Gasteiger partial charge in [-0.15, -0.1) is 0 Å². The number of rotatable bonds is 6. The lowest BCUT2D eigenvalue weighted by atomic mass is 9.92. The molecule has 0 saturated carbocycles. The molecule has 2 aromatic rings. The van der Waals surface area contributed by atoms with Crippen LogP contribution in [0.5, 0.6) is 0 Å². The van der Waals surface area contributed by atoms with Crippen molar-refractivity contribution < 1.29 is 18.0 Å². The summed E-state index contributed by atoms with van der Waals surface area (Å²) < 4.78 is 40.3. The van der Waals surface area contributed by atoms with Crippen LogP contribution in [0.3, 0.4) is 0 Å². The van der Waals surface area contributed by atoms with Gasteiger partial charge >= 0.3 is 6.18 Å². The molecule has 31 heavy (non-hydrogen) atoms. The molecule has 0 aliphatic rings. The van der Waals surface area contributed by atoms with E-state index in [9.17, 15) is 18.0 Å². The van der Waals surface area contributed by atoms with E-state index in [4.69, 9.17) is 0 Å². The highest BCUT2D eigenvalue weighted by molar-refractivity contribution is 6.68. The lowest BCUT2D eigenvalue weighted by Gasteiger charge is -2.18. The lowest BCUT2D eigenvalue weighted by Crippen LogP contribution is -2.35. The Morgan fingerprint density at radius 3 is 1.68 bits per heavy atom. The summed E-state index contributed by atoms with van der Waals surface area (Å²) in [5.41, 5.74) is 3.42. The number of carbonyl (C=O) groups is 1. The first-order valence-electron chi connectivity index (χ1n) is 10.3. The van der Waals surface area contributed by atoms with Gasteiger partial charge < -0.3 is 0 Å². The molecule has 0 fully saturated rings. The Bertz CT molecular complexity index is 985. The zero-order valence-corrected chi connectivity index (χ0v) is 19.1. The minimum atomic E-state index is -5.05. The molecule has 2 rings (SSSR count). The molecule has 0 amide bonds. The predicted molar refractivity (Wildman–Crippen MR) is 121 cm³/mol. The second kappa shape index (κ2) is 9.58. The Balaban J connectivity index is 2.79. The van der Waals surface area contributed by atoms with Crippen molar-refractivity contribution in [3.05, 3.63) is 58.7 Å². The van der Waals surface area contributed by atoms with Gasteiger partial charge in [-0.05, 0) is 54.9 Å². The molecule has 0 heterocycles. The Morgan fingerprint density at radius 2 is 1.26 bits per heavy atom. The number of aryl methyl sites for hydroxylation is 2. The maximum Gasteiger partial charge on any atom is 0.456 e. The van der Waals surface area contributed by atoms with E-state index in [1.54, 1.807) is 32.0 Å². The van der Waals surface area contributed by atoms with Crippen molar-refractivity contribution in [2.24, 2.45) is 9.98 Å². The van der Waals surface area contributed by atoms with E-state index < -0.39 is 17.7 Å². The summed E-state index contributed by atoms with van der Waals surface area (Å²) in [5.74, 6) is -1.77. The molecular weight excluding hydrogens is 401 g/mol. The first-order chi connectivity index (χ1) is 14.3. The van der Waals surface area contributed by atoms with Crippen LogP contribution in [0, 0.1) is 13.8 Å². The number of carbonyl (C=O) groups excluding carboxylic acids is 1. The molecule has 0 atom stereocenters. The van der Waals surface area contributed by atoms with E-state index in [0.29, 0.717) is 22.5 Å². The predicted octanol–water partition coefficient (Wildman–Crippen LogP) is 7.55. The first kappa shape index (κ1) is 24.5. The molecular formula is C25H29F3N2O. The summed E-state index contributed by atoms with van der Waals surface area (Å²) >= 11 is 0. The van der Waals surface area contributed by atoms with Gasteiger partial charge in [-0.3, -0.25) is 9.79 Å². The Labute approximate surface area is 182 Å². The highest BCUT2D eigenvalue weighted by Crippen LogP contribution is 2.35. The van der Waals surface area contributed by atoms with Crippen LogP contribution in [0.2, 0.25) is 0 Å². The summed E-state index contributed by atoms with van der Waals surface area (Å²) in [6, 6.07) is 11.0. The zero-order chi connectivity index (χ0) is 23.5. The van der Waals surface area contributed by atoms with Crippen LogP contribution in [0.25, 0.3) is 0 Å². The third kappa shape index (κ3) is 5.69. The number of benzene rings is 2. The highest BCUT2D eigenvalue weighted by Gasteiger charge is 2.42. The summed E-state index contributed by atoms with van der Waals surface area (Å²) in [6.45, 7) is 12.9. The topological polar surface area (TPSA) is 41.8 Å². The van der Waals surface area contributed by atoms with Gasteiger partial charge in [-0.2, -0.15) is 13.2 Å². The quantitative estimate of drug-likeness (QED) is 0.436. The van der Waals surface area contributed by atoms with Crippen molar-refractivity contribution >= 4 is 28.6 Å². The zero-order valence-electron chi connectivity index (χ0n) is 19.1. The highest BCUT2D eigenvalue weighted by atomic mass is 19.4. The van der Waals surface area contributed by atoms with Crippen molar-refractivity contribution in [3.63, 3.8) is 0 Å². The fraction of sp³-hybridized carbons (Fsp3) is 0.400. The maximum absolute atomic E-state index is 13.4. The van der Waals surface area contributed by atoms with Crippen LogP contribution in [0.15, 0.2) is 46.4 Å². The summed E-state index contributed by atoms with van der Waals surface area (Å²) in [5, 5.41) is 0. The van der Waals surface area contributed by atoms with E-state index in [-0.39, 0.29) is 17.5 Å². The number of hydrogen-bond donors (Lipinski definition) is 0. The van der Waals surface area contributed by atoms with Crippen molar-refractivity contribution in [2.45, 2.75) is 66.5 Å². The average Bonchev–Trinajstić information content (AvgIpc) is 2.66. The number of para-hydroxylation sites is 2. The summed E-state index contributed by atoms with van der Waals surface area (Å²) in [7, 11) is 0. The normalized spacial score (nSPS) is 13.3. The third-order valence-electron chi connectivity index (χ3n) is 5.10. The van der Waals surface area contributed by atoms with Crippen molar-refractivity contribution in [1.82, 2.24) is 0 Å². The van der Waals surface area contributed by atoms with Gasteiger partial charge in [0.05, 0.1) is 17.1 Å². The number of ketones is 1. The van der Waals surface area contributed by atoms with Crippen LogP contribution < -0.4 is 0 Å². The number of alkyl halides is 3. The third-order valence-corrected chi connectivity index (χ3v) is 5.10. The number of nitrogens with zero attached hydrogens (tertiary/aromatic N) is 2. The number of aliphatic imine (C=N–C) groups is 2.